The van der Waals surface area contributed by atoms with Gasteiger partial charge in [-0.25, -0.2) is 4.68 Å². The first-order valence-corrected chi connectivity index (χ1v) is 6.52. The van der Waals surface area contributed by atoms with Gasteiger partial charge in [-0.05, 0) is 24.6 Å². The van der Waals surface area contributed by atoms with Gasteiger partial charge in [0.25, 0.3) is 0 Å². The second kappa shape index (κ2) is 7.22. The molecule has 1 atom stereocenters. The Morgan fingerprint density at radius 3 is 2.81 bits per heavy atom. The zero-order chi connectivity index (χ0) is 15.1. The van der Waals surface area contributed by atoms with Gasteiger partial charge in [0, 0.05) is 11.8 Å². The summed E-state index contributed by atoms with van der Waals surface area (Å²) in [4.78, 5) is 11.9. The van der Waals surface area contributed by atoms with E-state index < -0.39 is 0 Å². The van der Waals surface area contributed by atoms with Crippen LogP contribution < -0.4 is 5.32 Å². The molecule has 6 heteroatoms. The fourth-order valence-electron chi connectivity index (χ4n) is 1.83. The number of aliphatic hydroxyl groups excluding tert-OH is 1. The molecule has 1 heterocycles. The molecule has 0 spiro atoms. The van der Waals surface area contributed by atoms with E-state index in [1.165, 1.54) is 10.9 Å². The molecule has 0 saturated carbocycles. The van der Waals surface area contributed by atoms with Crippen molar-refractivity contribution < 1.29 is 9.90 Å². The van der Waals surface area contributed by atoms with Gasteiger partial charge >= 0.3 is 0 Å². The van der Waals surface area contributed by atoms with Crippen molar-refractivity contribution in [1.29, 1.82) is 0 Å². The molecule has 2 aromatic rings. The summed E-state index contributed by atoms with van der Waals surface area (Å²) in [7, 11) is 0. The van der Waals surface area contributed by atoms with E-state index in [1.54, 1.807) is 6.20 Å². The van der Waals surface area contributed by atoms with Crippen LogP contribution in [0.4, 0.5) is 0 Å². The van der Waals surface area contributed by atoms with Crippen LogP contribution in [0.1, 0.15) is 24.1 Å². The molecule has 108 valence electrons. The van der Waals surface area contributed by atoms with Crippen LogP contribution in [0.2, 0.25) is 0 Å². The maximum Gasteiger partial charge on any atom is 0.242 e. The molecular formula is C15H16N4O2. The average molecular weight is 284 g/mol. The fraction of sp³-hybridized carbons (Fsp3) is 0.267. The molecule has 0 saturated heterocycles. The molecule has 0 aliphatic carbocycles. The van der Waals surface area contributed by atoms with Crippen molar-refractivity contribution >= 4 is 5.91 Å². The van der Waals surface area contributed by atoms with Crippen molar-refractivity contribution in [2.24, 2.45) is 0 Å². The molecule has 2 N–H and O–H groups in total. The van der Waals surface area contributed by atoms with Crippen LogP contribution in [0.5, 0.6) is 0 Å². The predicted molar refractivity (Wildman–Crippen MR) is 77.0 cm³/mol. The van der Waals surface area contributed by atoms with Crippen LogP contribution in [-0.4, -0.2) is 32.6 Å². The number of carbonyl (C=O) groups excluding carboxylic acids is 1. The lowest BCUT2D eigenvalue weighted by atomic mass is 10.1. The summed E-state index contributed by atoms with van der Waals surface area (Å²) in [5, 5.41) is 18.9. The first-order valence-electron chi connectivity index (χ1n) is 6.52. The summed E-state index contributed by atoms with van der Waals surface area (Å²) in [6.45, 7) is 1.90. The highest BCUT2D eigenvalue weighted by Crippen LogP contribution is 2.13. The molecule has 21 heavy (non-hydrogen) atoms. The molecule has 6 nitrogen and oxygen atoms in total. The monoisotopic (exact) mass is 284 g/mol. The number of carbonyl (C=O) groups is 1. The lowest BCUT2D eigenvalue weighted by molar-refractivity contribution is -0.122. The Bertz CT molecular complexity index is 639. The molecule has 0 aliphatic rings. The number of hydrogen-bond acceptors (Lipinski definition) is 4. The molecule has 1 unspecified atom stereocenters. The normalized spacial score (nSPS) is 11.3. The SMILES string of the molecule is CC(NC(=O)Cn1ccnn1)c1ccc(C#CCO)cc1. The number of nitrogens with zero attached hydrogens (tertiary/aromatic N) is 3. The average Bonchev–Trinajstić information content (AvgIpc) is 2.98. The van der Waals surface area contributed by atoms with Crippen LogP contribution in [0.25, 0.3) is 0 Å². The minimum atomic E-state index is -0.156. The van der Waals surface area contributed by atoms with Crippen molar-refractivity contribution in [2.45, 2.75) is 19.5 Å². The molecule has 0 aliphatic heterocycles. The Morgan fingerprint density at radius 2 is 2.19 bits per heavy atom. The quantitative estimate of drug-likeness (QED) is 0.801. The van der Waals surface area contributed by atoms with E-state index in [1.807, 2.05) is 31.2 Å². The van der Waals surface area contributed by atoms with Gasteiger partial charge in [-0.1, -0.05) is 29.2 Å². The van der Waals surface area contributed by atoms with E-state index in [4.69, 9.17) is 5.11 Å². The molecule has 2 rings (SSSR count). The van der Waals surface area contributed by atoms with Gasteiger partial charge in [0.1, 0.15) is 13.2 Å². The van der Waals surface area contributed by atoms with Crippen molar-refractivity contribution in [3.63, 3.8) is 0 Å². The smallest absolute Gasteiger partial charge is 0.242 e. The summed E-state index contributed by atoms with van der Waals surface area (Å²) in [6.07, 6.45) is 3.17. The third-order valence-electron chi connectivity index (χ3n) is 2.88. The summed E-state index contributed by atoms with van der Waals surface area (Å²) in [5.74, 6) is 5.29. The standard InChI is InChI=1S/C15H16N4O2/c1-12(17-15(21)11-19-9-8-16-18-19)14-6-4-13(5-7-14)3-2-10-20/h4-9,12,20H,10-11H2,1H3,(H,17,21). The number of amides is 1. The highest BCUT2D eigenvalue weighted by atomic mass is 16.2. The topological polar surface area (TPSA) is 80.0 Å². The van der Waals surface area contributed by atoms with Gasteiger partial charge in [-0.15, -0.1) is 5.10 Å². The maximum atomic E-state index is 11.9. The number of nitrogens with one attached hydrogen (secondary N) is 1. The minimum absolute atomic E-state index is 0.110. The van der Waals surface area contributed by atoms with E-state index in [0.717, 1.165) is 11.1 Å². The van der Waals surface area contributed by atoms with Crippen LogP contribution in [0.15, 0.2) is 36.7 Å². The highest BCUT2D eigenvalue weighted by molar-refractivity contribution is 5.76. The summed E-state index contributed by atoms with van der Waals surface area (Å²) in [5.41, 5.74) is 1.81. The van der Waals surface area contributed by atoms with Crippen LogP contribution in [0, 0.1) is 11.8 Å². The maximum absolute atomic E-state index is 11.9. The van der Waals surface area contributed by atoms with Crippen molar-refractivity contribution in [2.75, 3.05) is 6.61 Å². The van der Waals surface area contributed by atoms with E-state index >= 15 is 0 Å². The van der Waals surface area contributed by atoms with Crippen molar-refractivity contribution in [1.82, 2.24) is 20.3 Å². The predicted octanol–water partition coefficient (Wildman–Crippen LogP) is 0.499. The number of aliphatic hydroxyl groups is 1. The molecule has 1 aromatic carbocycles. The van der Waals surface area contributed by atoms with Crippen LogP contribution in [-0.2, 0) is 11.3 Å². The Labute approximate surface area is 122 Å². The second-order valence-corrected chi connectivity index (χ2v) is 4.47. The molecule has 1 amide bonds. The van der Waals surface area contributed by atoms with E-state index in [0.29, 0.717) is 0 Å². The lowest BCUT2D eigenvalue weighted by Gasteiger charge is -2.14. The van der Waals surface area contributed by atoms with Gasteiger partial charge in [-0.2, -0.15) is 0 Å². The van der Waals surface area contributed by atoms with E-state index in [2.05, 4.69) is 27.5 Å². The van der Waals surface area contributed by atoms with E-state index in [-0.39, 0.29) is 25.1 Å². The first-order chi connectivity index (χ1) is 10.2. The van der Waals surface area contributed by atoms with Crippen LogP contribution in [0.3, 0.4) is 0 Å². The largest absolute Gasteiger partial charge is 0.384 e. The Kier molecular flexibility index (Phi) is 5.07. The van der Waals surface area contributed by atoms with Gasteiger partial charge in [-0.3, -0.25) is 4.79 Å². The van der Waals surface area contributed by atoms with E-state index in [9.17, 15) is 4.79 Å². The zero-order valence-corrected chi connectivity index (χ0v) is 11.7. The summed E-state index contributed by atoms with van der Waals surface area (Å²) >= 11 is 0. The molecule has 0 fully saturated rings. The minimum Gasteiger partial charge on any atom is -0.384 e. The second-order valence-electron chi connectivity index (χ2n) is 4.47. The van der Waals surface area contributed by atoms with Crippen molar-refractivity contribution in [3.8, 4) is 11.8 Å². The summed E-state index contributed by atoms with van der Waals surface area (Å²) in [6, 6.07) is 7.42. The third-order valence-corrected chi connectivity index (χ3v) is 2.88. The molecule has 0 bridgehead atoms. The van der Waals surface area contributed by atoms with Gasteiger partial charge < -0.3 is 10.4 Å². The molecule has 0 radical (unpaired) electrons. The van der Waals surface area contributed by atoms with Gasteiger partial charge in [0.15, 0.2) is 0 Å². The first kappa shape index (κ1) is 14.8. The fourth-order valence-corrected chi connectivity index (χ4v) is 1.83. The number of hydrogen-bond donors (Lipinski definition) is 2. The van der Waals surface area contributed by atoms with Crippen LogP contribution >= 0.6 is 0 Å². The molecule has 1 aromatic heterocycles. The molecular weight excluding hydrogens is 268 g/mol. The number of benzene rings is 1. The Balaban J connectivity index is 1.93. The van der Waals surface area contributed by atoms with Gasteiger partial charge in [0.05, 0.1) is 12.2 Å². The van der Waals surface area contributed by atoms with Crippen molar-refractivity contribution in [3.05, 3.63) is 47.8 Å². The Morgan fingerprint density at radius 1 is 1.43 bits per heavy atom. The Hall–Kier alpha value is -2.65. The third kappa shape index (κ3) is 4.44. The summed E-state index contributed by atoms with van der Waals surface area (Å²) < 4.78 is 1.47. The number of aromatic nitrogens is 3. The highest BCUT2D eigenvalue weighted by Gasteiger charge is 2.10. The zero-order valence-electron chi connectivity index (χ0n) is 11.7. The lowest BCUT2D eigenvalue weighted by Crippen LogP contribution is -2.30. The van der Waals surface area contributed by atoms with Gasteiger partial charge in [0.2, 0.25) is 5.91 Å². The number of rotatable bonds is 4.